The van der Waals surface area contributed by atoms with Crippen LogP contribution in [0, 0.1) is 11.3 Å². The third kappa shape index (κ3) is 5.95. The number of benzene rings is 3. The lowest BCUT2D eigenvalue weighted by atomic mass is 9.83. The number of nitrogens with zero attached hydrogens (tertiary/aromatic N) is 1. The van der Waals surface area contributed by atoms with Crippen molar-refractivity contribution >= 4 is 21.9 Å². The van der Waals surface area contributed by atoms with Crippen LogP contribution in [0.1, 0.15) is 60.5 Å². The molecule has 0 fully saturated rings. The molecule has 0 amide bonds. The third-order valence-electron chi connectivity index (χ3n) is 6.10. The molecule has 0 spiro atoms. The number of halogens is 1. The highest BCUT2D eigenvalue weighted by Crippen LogP contribution is 2.45. The minimum Gasteiger partial charge on any atom is -0.490 e. The number of hydrogen-bond donors (Lipinski definition) is 1. The zero-order chi connectivity index (χ0) is 27.1. The fourth-order valence-electron chi connectivity index (χ4n) is 4.26. The molecule has 1 aliphatic heterocycles. The molecule has 3 aromatic rings. The number of carbonyl (C=O) groups excluding carboxylic acids is 1. The molecule has 1 aliphatic rings. The molecule has 7 nitrogen and oxygen atoms in total. The van der Waals surface area contributed by atoms with Gasteiger partial charge in [0.25, 0.3) is 0 Å². The zero-order valence-corrected chi connectivity index (χ0v) is 22.9. The fraction of sp³-hybridized carbons (Fsp3) is 0.267. The van der Waals surface area contributed by atoms with Gasteiger partial charge in [-0.3, -0.25) is 0 Å². The molecule has 0 aliphatic carbocycles. The number of hydrogen-bond acceptors (Lipinski definition) is 7. The molecule has 0 radical (unpaired) electrons. The lowest BCUT2D eigenvalue weighted by Crippen LogP contribution is -2.21. The van der Waals surface area contributed by atoms with Gasteiger partial charge < -0.3 is 24.7 Å². The van der Waals surface area contributed by atoms with Crippen molar-refractivity contribution in [3.63, 3.8) is 0 Å². The van der Waals surface area contributed by atoms with Gasteiger partial charge in [0.05, 0.1) is 24.7 Å². The number of nitrogens with two attached hydrogens (primary N) is 1. The molecule has 0 bridgehead atoms. The Labute approximate surface area is 230 Å². The van der Waals surface area contributed by atoms with Gasteiger partial charge in [0.1, 0.15) is 23.1 Å². The quantitative estimate of drug-likeness (QED) is 0.160. The SMILES string of the molecule is CCCCCOc1ccc(C2C(C#N)=C(N)Oc3cc(OC(=O)c4ccccc4Br)ccc32)cc1OCC. The lowest BCUT2D eigenvalue weighted by Gasteiger charge is -2.27. The summed E-state index contributed by atoms with van der Waals surface area (Å²) in [5.41, 5.74) is 8.39. The second kappa shape index (κ2) is 12.5. The lowest BCUT2D eigenvalue weighted by molar-refractivity contribution is 0.0733. The minimum atomic E-state index is -0.512. The van der Waals surface area contributed by atoms with Crippen LogP contribution in [0.4, 0.5) is 0 Å². The topological polar surface area (TPSA) is 104 Å². The van der Waals surface area contributed by atoms with Crippen molar-refractivity contribution in [1.82, 2.24) is 0 Å². The molecular weight excluding hydrogens is 548 g/mol. The Morgan fingerprint density at radius 3 is 2.61 bits per heavy atom. The minimum absolute atomic E-state index is 0.00266. The number of fused-ring (bicyclic) bond motifs is 1. The van der Waals surface area contributed by atoms with Crippen molar-refractivity contribution in [3.8, 4) is 29.1 Å². The van der Waals surface area contributed by atoms with Crippen molar-refractivity contribution < 1.29 is 23.7 Å². The number of nitriles is 1. The van der Waals surface area contributed by atoms with Crippen LogP contribution in [-0.2, 0) is 0 Å². The molecule has 196 valence electrons. The van der Waals surface area contributed by atoms with E-state index in [1.165, 1.54) is 0 Å². The molecular formula is C30H29BrN2O5. The predicted octanol–water partition coefficient (Wildman–Crippen LogP) is 6.85. The average Bonchev–Trinajstić information content (AvgIpc) is 2.91. The highest BCUT2D eigenvalue weighted by Gasteiger charge is 2.32. The van der Waals surface area contributed by atoms with E-state index in [4.69, 9.17) is 24.7 Å². The van der Waals surface area contributed by atoms with E-state index in [1.54, 1.807) is 36.4 Å². The van der Waals surface area contributed by atoms with Crippen molar-refractivity contribution in [1.29, 1.82) is 5.26 Å². The maximum atomic E-state index is 12.7. The number of rotatable bonds is 10. The van der Waals surface area contributed by atoms with Crippen LogP contribution in [-0.4, -0.2) is 19.2 Å². The smallest absolute Gasteiger partial charge is 0.344 e. The van der Waals surface area contributed by atoms with Crippen LogP contribution in [0.15, 0.2) is 76.6 Å². The van der Waals surface area contributed by atoms with E-state index < -0.39 is 11.9 Å². The van der Waals surface area contributed by atoms with Gasteiger partial charge in [-0.15, -0.1) is 0 Å². The third-order valence-corrected chi connectivity index (χ3v) is 6.79. The molecule has 3 aromatic carbocycles. The Morgan fingerprint density at radius 1 is 1.05 bits per heavy atom. The Kier molecular flexibility index (Phi) is 8.93. The molecule has 4 rings (SSSR count). The fourth-order valence-corrected chi connectivity index (χ4v) is 4.70. The summed E-state index contributed by atoms with van der Waals surface area (Å²) in [5.74, 6) is 0.946. The first-order valence-corrected chi connectivity index (χ1v) is 13.3. The van der Waals surface area contributed by atoms with Crippen LogP contribution >= 0.6 is 15.9 Å². The molecule has 1 unspecified atom stereocenters. The summed E-state index contributed by atoms with van der Waals surface area (Å²) in [5, 5.41) is 9.94. The van der Waals surface area contributed by atoms with Crippen LogP contribution < -0.4 is 24.7 Å². The molecule has 0 saturated heterocycles. The van der Waals surface area contributed by atoms with Crippen LogP contribution in [0.2, 0.25) is 0 Å². The molecule has 2 N–H and O–H groups in total. The van der Waals surface area contributed by atoms with Gasteiger partial charge in [0.2, 0.25) is 5.88 Å². The van der Waals surface area contributed by atoms with Gasteiger partial charge in [-0.1, -0.05) is 44.0 Å². The first-order chi connectivity index (χ1) is 18.5. The van der Waals surface area contributed by atoms with Crippen molar-refractivity contribution in [3.05, 3.63) is 93.3 Å². The van der Waals surface area contributed by atoms with E-state index in [-0.39, 0.29) is 11.5 Å². The average molecular weight is 577 g/mol. The van der Waals surface area contributed by atoms with Crippen LogP contribution in [0.25, 0.3) is 0 Å². The first-order valence-electron chi connectivity index (χ1n) is 12.5. The molecule has 0 saturated carbocycles. The number of carbonyl (C=O) groups is 1. The summed E-state index contributed by atoms with van der Waals surface area (Å²) in [6.45, 7) is 5.12. The Hall–Kier alpha value is -3.96. The number of allylic oxidation sites excluding steroid dienone is 1. The Balaban J connectivity index is 1.66. The van der Waals surface area contributed by atoms with E-state index in [0.717, 1.165) is 30.4 Å². The van der Waals surface area contributed by atoms with E-state index in [0.29, 0.717) is 46.2 Å². The normalized spacial score (nSPS) is 14.2. The second-order valence-electron chi connectivity index (χ2n) is 8.69. The van der Waals surface area contributed by atoms with E-state index in [9.17, 15) is 10.1 Å². The van der Waals surface area contributed by atoms with Gasteiger partial charge in [-0.2, -0.15) is 5.26 Å². The molecule has 8 heteroatoms. The summed E-state index contributed by atoms with van der Waals surface area (Å²) in [4.78, 5) is 12.7. The largest absolute Gasteiger partial charge is 0.490 e. The number of ether oxygens (including phenoxy) is 4. The monoisotopic (exact) mass is 576 g/mol. The van der Waals surface area contributed by atoms with Crippen LogP contribution in [0.5, 0.6) is 23.0 Å². The van der Waals surface area contributed by atoms with Gasteiger partial charge in [-0.25, -0.2) is 4.79 Å². The molecule has 1 atom stereocenters. The summed E-state index contributed by atoms with van der Waals surface area (Å²) in [7, 11) is 0. The Morgan fingerprint density at radius 2 is 1.87 bits per heavy atom. The standard InChI is InChI=1S/C30H29BrN2O5/c1-3-5-8-15-36-25-14-11-19(16-27(25)35-4-2)28-22-13-12-20(17-26(22)38-29(33)23(28)18-32)37-30(34)21-9-6-7-10-24(21)31/h6-7,9-14,16-17,28H,3-5,8,15,33H2,1-2H3. The Bertz CT molecular complexity index is 1400. The van der Waals surface area contributed by atoms with Crippen molar-refractivity contribution in [2.45, 2.75) is 39.0 Å². The molecule has 0 aromatic heterocycles. The number of unbranched alkanes of at least 4 members (excludes halogenated alkanes) is 2. The van der Waals surface area contributed by atoms with Gasteiger partial charge in [0, 0.05) is 16.1 Å². The van der Waals surface area contributed by atoms with Crippen molar-refractivity contribution in [2.75, 3.05) is 13.2 Å². The van der Waals surface area contributed by atoms with Gasteiger partial charge in [-0.05, 0) is 65.2 Å². The summed E-state index contributed by atoms with van der Waals surface area (Å²) >= 11 is 3.37. The zero-order valence-electron chi connectivity index (χ0n) is 21.3. The first kappa shape index (κ1) is 27.1. The summed E-state index contributed by atoms with van der Waals surface area (Å²) in [6, 6.07) is 19.9. The summed E-state index contributed by atoms with van der Waals surface area (Å²) in [6.07, 6.45) is 3.17. The maximum absolute atomic E-state index is 12.7. The van der Waals surface area contributed by atoms with Gasteiger partial charge >= 0.3 is 5.97 Å². The van der Waals surface area contributed by atoms with E-state index >= 15 is 0 Å². The van der Waals surface area contributed by atoms with E-state index in [2.05, 4.69) is 28.9 Å². The molecule has 1 heterocycles. The second-order valence-corrected chi connectivity index (χ2v) is 9.54. The number of esters is 1. The van der Waals surface area contributed by atoms with Crippen LogP contribution in [0.3, 0.4) is 0 Å². The highest BCUT2D eigenvalue weighted by atomic mass is 79.9. The van der Waals surface area contributed by atoms with Gasteiger partial charge in [0.15, 0.2) is 11.5 Å². The van der Waals surface area contributed by atoms with Crippen molar-refractivity contribution in [2.24, 2.45) is 5.73 Å². The predicted molar refractivity (Wildman–Crippen MR) is 147 cm³/mol. The molecule has 38 heavy (non-hydrogen) atoms. The maximum Gasteiger partial charge on any atom is 0.344 e. The highest BCUT2D eigenvalue weighted by molar-refractivity contribution is 9.10. The van der Waals surface area contributed by atoms with E-state index in [1.807, 2.05) is 31.2 Å². The summed E-state index contributed by atoms with van der Waals surface area (Å²) < 4.78 is 23.9.